The van der Waals surface area contributed by atoms with E-state index < -0.39 is 5.91 Å². The number of carbonyl (C=O) groups is 1. The average molecular weight is 350 g/mol. The quantitative estimate of drug-likeness (QED) is 0.546. The minimum atomic E-state index is -0.395. The van der Waals surface area contributed by atoms with Crippen LogP contribution < -0.4 is 15.6 Å². The Morgan fingerprint density at radius 3 is 2.92 bits per heavy atom. The lowest BCUT2D eigenvalue weighted by atomic mass is 10.2. The van der Waals surface area contributed by atoms with E-state index in [-0.39, 0.29) is 11.0 Å². The van der Waals surface area contributed by atoms with Crippen LogP contribution in [0.3, 0.4) is 0 Å². The SMILES string of the molecule is CCCOc1cccc(C(=O)N/N=C/c2coc3ccccc3c2=O)c1. The highest BCUT2D eigenvalue weighted by Crippen LogP contribution is 2.13. The lowest BCUT2D eigenvalue weighted by Gasteiger charge is -2.06. The van der Waals surface area contributed by atoms with Gasteiger partial charge in [-0.25, -0.2) is 5.43 Å². The summed E-state index contributed by atoms with van der Waals surface area (Å²) in [6, 6.07) is 13.8. The van der Waals surface area contributed by atoms with E-state index in [0.29, 0.717) is 28.9 Å². The molecule has 0 aliphatic rings. The maximum Gasteiger partial charge on any atom is 0.271 e. The van der Waals surface area contributed by atoms with Crippen molar-refractivity contribution in [1.82, 2.24) is 5.43 Å². The summed E-state index contributed by atoms with van der Waals surface area (Å²) in [5, 5.41) is 4.31. The highest BCUT2D eigenvalue weighted by molar-refractivity contribution is 5.95. The minimum Gasteiger partial charge on any atom is -0.494 e. The Kier molecular flexibility index (Phi) is 5.43. The fourth-order valence-electron chi connectivity index (χ4n) is 2.35. The Morgan fingerprint density at radius 1 is 1.23 bits per heavy atom. The normalized spacial score (nSPS) is 11.0. The Hall–Kier alpha value is -3.41. The van der Waals surface area contributed by atoms with E-state index in [4.69, 9.17) is 9.15 Å². The molecule has 1 N–H and O–H groups in total. The van der Waals surface area contributed by atoms with Crippen LogP contribution in [0.5, 0.6) is 5.75 Å². The summed E-state index contributed by atoms with van der Waals surface area (Å²) in [5.41, 5.74) is 3.37. The molecule has 0 fully saturated rings. The van der Waals surface area contributed by atoms with Gasteiger partial charge in [-0.3, -0.25) is 9.59 Å². The van der Waals surface area contributed by atoms with Gasteiger partial charge in [-0.05, 0) is 36.8 Å². The van der Waals surface area contributed by atoms with Gasteiger partial charge in [0.25, 0.3) is 5.91 Å². The molecule has 3 rings (SSSR count). The summed E-state index contributed by atoms with van der Waals surface area (Å²) in [4.78, 5) is 24.5. The van der Waals surface area contributed by atoms with Gasteiger partial charge in [0.05, 0.1) is 23.8 Å². The van der Waals surface area contributed by atoms with Gasteiger partial charge in [0.15, 0.2) is 0 Å². The molecule has 0 aliphatic heterocycles. The van der Waals surface area contributed by atoms with Crippen LogP contribution in [0.2, 0.25) is 0 Å². The van der Waals surface area contributed by atoms with Crippen LogP contribution >= 0.6 is 0 Å². The van der Waals surface area contributed by atoms with Crippen LogP contribution in [-0.2, 0) is 0 Å². The average Bonchev–Trinajstić information content (AvgIpc) is 2.68. The van der Waals surface area contributed by atoms with Gasteiger partial charge >= 0.3 is 0 Å². The van der Waals surface area contributed by atoms with Crippen LogP contribution in [0, 0.1) is 0 Å². The molecule has 0 atom stereocenters. The number of nitrogens with zero attached hydrogens (tertiary/aromatic N) is 1. The molecule has 0 unspecified atom stereocenters. The largest absolute Gasteiger partial charge is 0.494 e. The van der Waals surface area contributed by atoms with Gasteiger partial charge in [0, 0.05) is 5.56 Å². The fraction of sp³-hybridized carbons (Fsp3) is 0.150. The molecule has 26 heavy (non-hydrogen) atoms. The minimum absolute atomic E-state index is 0.209. The third kappa shape index (κ3) is 3.97. The first kappa shape index (κ1) is 17.4. The van der Waals surface area contributed by atoms with Crippen LogP contribution in [0.25, 0.3) is 11.0 Å². The van der Waals surface area contributed by atoms with Crippen molar-refractivity contribution in [3.63, 3.8) is 0 Å². The molecule has 3 aromatic rings. The van der Waals surface area contributed by atoms with Gasteiger partial charge < -0.3 is 9.15 Å². The Morgan fingerprint density at radius 2 is 2.08 bits per heavy atom. The van der Waals surface area contributed by atoms with Crippen molar-refractivity contribution in [3.05, 3.63) is 76.1 Å². The third-order valence-electron chi connectivity index (χ3n) is 3.65. The molecule has 0 radical (unpaired) electrons. The zero-order valence-corrected chi connectivity index (χ0v) is 14.3. The number of fused-ring (bicyclic) bond motifs is 1. The Bertz CT molecular complexity index is 1010. The van der Waals surface area contributed by atoms with Crippen molar-refractivity contribution >= 4 is 23.1 Å². The van der Waals surface area contributed by atoms with Gasteiger partial charge in [-0.15, -0.1) is 0 Å². The second-order valence-corrected chi connectivity index (χ2v) is 5.59. The van der Waals surface area contributed by atoms with Crippen molar-refractivity contribution in [1.29, 1.82) is 0 Å². The lowest BCUT2D eigenvalue weighted by molar-refractivity contribution is 0.0954. The first-order valence-corrected chi connectivity index (χ1v) is 8.26. The molecule has 0 bridgehead atoms. The summed E-state index contributed by atoms with van der Waals surface area (Å²) >= 11 is 0. The summed E-state index contributed by atoms with van der Waals surface area (Å²) in [6.07, 6.45) is 3.47. The van der Waals surface area contributed by atoms with Gasteiger partial charge in [0.1, 0.15) is 17.6 Å². The monoisotopic (exact) mass is 350 g/mol. The predicted molar refractivity (Wildman–Crippen MR) is 99.8 cm³/mol. The van der Waals surface area contributed by atoms with E-state index in [2.05, 4.69) is 10.5 Å². The standard InChI is InChI=1S/C20H18N2O4/c1-2-10-25-16-7-5-6-14(11-16)20(24)22-21-12-15-13-26-18-9-4-3-8-17(18)19(15)23/h3-9,11-13H,2,10H2,1H3,(H,22,24)/b21-12+. The van der Waals surface area contributed by atoms with Gasteiger partial charge in [-0.2, -0.15) is 5.10 Å². The van der Waals surface area contributed by atoms with Gasteiger partial charge in [-0.1, -0.05) is 25.1 Å². The number of hydrogen-bond acceptors (Lipinski definition) is 5. The van der Waals surface area contributed by atoms with E-state index in [1.54, 1.807) is 48.5 Å². The molecule has 132 valence electrons. The van der Waals surface area contributed by atoms with Crippen molar-refractivity contribution in [3.8, 4) is 5.75 Å². The molecule has 6 heteroatoms. The Labute approximate surface area is 150 Å². The predicted octanol–water partition coefficient (Wildman–Crippen LogP) is 3.35. The zero-order valence-electron chi connectivity index (χ0n) is 14.3. The number of rotatable bonds is 6. The van der Waals surface area contributed by atoms with Crippen LogP contribution in [-0.4, -0.2) is 18.7 Å². The van der Waals surface area contributed by atoms with Crippen molar-refractivity contribution in [2.24, 2.45) is 5.10 Å². The Balaban J connectivity index is 1.71. The van der Waals surface area contributed by atoms with Crippen molar-refractivity contribution < 1.29 is 13.9 Å². The molecule has 0 aliphatic carbocycles. The number of carbonyl (C=O) groups excluding carboxylic acids is 1. The molecule has 6 nitrogen and oxygen atoms in total. The van der Waals surface area contributed by atoms with E-state index in [1.807, 2.05) is 6.92 Å². The number of hydrogen-bond donors (Lipinski definition) is 1. The summed E-state index contributed by atoms with van der Waals surface area (Å²) in [5.74, 6) is 0.229. The molecule has 0 saturated heterocycles. The first-order valence-electron chi connectivity index (χ1n) is 8.26. The molecule has 2 aromatic carbocycles. The van der Waals surface area contributed by atoms with E-state index in [9.17, 15) is 9.59 Å². The zero-order chi connectivity index (χ0) is 18.4. The van der Waals surface area contributed by atoms with Crippen molar-refractivity contribution in [2.75, 3.05) is 6.61 Å². The van der Waals surface area contributed by atoms with Crippen LogP contribution in [0.1, 0.15) is 29.3 Å². The maximum atomic E-state index is 12.3. The molecule has 0 saturated carbocycles. The number of nitrogens with one attached hydrogen (secondary N) is 1. The molecular formula is C20H18N2O4. The fourth-order valence-corrected chi connectivity index (χ4v) is 2.35. The maximum absolute atomic E-state index is 12.3. The molecule has 1 heterocycles. The lowest BCUT2D eigenvalue weighted by Crippen LogP contribution is -2.18. The van der Waals surface area contributed by atoms with Crippen LogP contribution in [0.15, 0.2) is 69.1 Å². The van der Waals surface area contributed by atoms with E-state index in [0.717, 1.165) is 6.42 Å². The smallest absolute Gasteiger partial charge is 0.271 e. The second-order valence-electron chi connectivity index (χ2n) is 5.59. The first-order chi connectivity index (χ1) is 12.7. The number of para-hydroxylation sites is 1. The molecule has 1 amide bonds. The van der Waals surface area contributed by atoms with E-state index >= 15 is 0 Å². The van der Waals surface area contributed by atoms with Crippen LogP contribution in [0.4, 0.5) is 0 Å². The summed E-state index contributed by atoms with van der Waals surface area (Å²) < 4.78 is 10.9. The summed E-state index contributed by atoms with van der Waals surface area (Å²) in [7, 11) is 0. The van der Waals surface area contributed by atoms with E-state index in [1.165, 1.54) is 12.5 Å². The second kappa shape index (κ2) is 8.11. The number of amides is 1. The molecular weight excluding hydrogens is 332 g/mol. The number of benzene rings is 2. The van der Waals surface area contributed by atoms with Crippen molar-refractivity contribution in [2.45, 2.75) is 13.3 Å². The molecule has 1 aromatic heterocycles. The highest BCUT2D eigenvalue weighted by Gasteiger charge is 2.07. The summed E-state index contributed by atoms with van der Waals surface area (Å²) in [6.45, 7) is 2.59. The number of hydrazone groups is 1. The highest BCUT2D eigenvalue weighted by atomic mass is 16.5. The number of ether oxygens (including phenoxy) is 1. The van der Waals surface area contributed by atoms with Gasteiger partial charge in [0.2, 0.25) is 5.43 Å². The topological polar surface area (TPSA) is 80.9 Å². The third-order valence-corrected chi connectivity index (χ3v) is 3.65. The molecule has 0 spiro atoms.